The molecule has 1 heterocycles. The summed E-state index contributed by atoms with van der Waals surface area (Å²) in [6, 6.07) is -0.837. The first-order valence-corrected chi connectivity index (χ1v) is 9.50. The lowest BCUT2D eigenvalue weighted by Crippen LogP contribution is -2.70. The Bertz CT molecular complexity index is 328. The molecule has 1 saturated heterocycles. The first-order chi connectivity index (χ1) is 9.18. The molecule has 0 saturated carbocycles. The summed E-state index contributed by atoms with van der Waals surface area (Å²) < 4.78 is 32.2. The van der Waals surface area contributed by atoms with Gasteiger partial charge >= 0.3 is 0 Å². The lowest BCUT2D eigenvalue weighted by molar-refractivity contribution is -0.144. The highest BCUT2D eigenvalue weighted by molar-refractivity contribution is 6.77. The third-order valence-electron chi connectivity index (χ3n) is 4.47. The molecule has 0 spiro atoms. The zero-order valence-corrected chi connectivity index (χ0v) is 14.2. The summed E-state index contributed by atoms with van der Waals surface area (Å²) in [5, 5.41) is 2.43. The van der Waals surface area contributed by atoms with Gasteiger partial charge in [-0.15, -0.1) is 0 Å². The fraction of sp³-hybridized carbons (Fsp3) is 0.929. The minimum Gasteiger partial charge on any atom is -0.402 e. The summed E-state index contributed by atoms with van der Waals surface area (Å²) in [6.45, 7) is 11.5. The van der Waals surface area contributed by atoms with Crippen LogP contribution in [0.2, 0.25) is 16.6 Å². The van der Waals surface area contributed by atoms with Crippen LogP contribution in [-0.2, 0) is 9.22 Å². The molecule has 0 bridgehead atoms. The van der Waals surface area contributed by atoms with Crippen molar-refractivity contribution in [3.05, 3.63) is 0 Å². The van der Waals surface area contributed by atoms with Gasteiger partial charge < -0.3 is 9.74 Å². The molecule has 0 aromatic heterocycles. The lowest BCUT2D eigenvalue weighted by Gasteiger charge is -2.49. The minimum absolute atomic E-state index is 0.306. The molecule has 0 aromatic carbocycles. The Balaban J connectivity index is 2.98. The highest BCUT2D eigenvalue weighted by Gasteiger charge is 2.54. The van der Waals surface area contributed by atoms with Gasteiger partial charge in [-0.2, -0.15) is 0 Å². The van der Waals surface area contributed by atoms with E-state index < -0.39 is 33.3 Å². The Morgan fingerprint density at radius 1 is 1.15 bits per heavy atom. The van der Waals surface area contributed by atoms with Crippen LogP contribution in [0.1, 0.15) is 41.5 Å². The van der Waals surface area contributed by atoms with Crippen LogP contribution < -0.4 is 5.32 Å². The number of alkyl halides is 2. The summed E-state index contributed by atoms with van der Waals surface area (Å²) in [6.07, 6.45) is -2.52. The highest BCUT2D eigenvalue weighted by atomic mass is 28.4. The van der Waals surface area contributed by atoms with Crippen molar-refractivity contribution in [3.8, 4) is 0 Å². The van der Waals surface area contributed by atoms with Crippen molar-refractivity contribution in [3.63, 3.8) is 0 Å². The van der Waals surface area contributed by atoms with Crippen molar-refractivity contribution < 1.29 is 18.0 Å². The fourth-order valence-electron chi connectivity index (χ4n) is 3.52. The number of halogens is 2. The Morgan fingerprint density at radius 2 is 1.60 bits per heavy atom. The molecule has 118 valence electrons. The number of carbonyl (C=O) groups excluding carboxylic acids is 1. The van der Waals surface area contributed by atoms with E-state index in [1.807, 2.05) is 0 Å². The number of β-lactam (4-membered cyclic amide) rings is 1. The first kappa shape index (κ1) is 17.6. The van der Waals surface area contributed by atoms with Gasteiger partial charge in [-0.25, -0.2) is 8.78 Å². The van der Waals surface area contributed by atoms with Gasteiger partial charge in [0.2, 0.25) is 8.32 Å². The van der Waals surface area contributed by atoms with Gasteiger partial charge in [0.25, 0.3) is 5.91 Å². The maximum absolute atomic E-state index is 13.5. The van der Waals surface area contributed by atoms with Crippen molar-refractivity contribution in [2.24, 2.45) is 0 Å². The smallest absolute Gasteiger partial charge is 0.250 e. The molecular formula is C14H27F2NO2Si. The van der Waals surface area contributed by atoms with Gasteiger partial charge in [0.1, 0.15) is 12.8 Å². The molecule has 1 N–H and O–H groups in total. The van der Waals surface area contributed by atoms with E-state index in [9.17, 15) is 13.6 Å². The van der Waals surface area contributed by atoms with Crippen LogP contribution in [0.4, 0.5) is 8.78 Å². The number of hydrogen-bond donors (Lipinski definition) is 1. The topological polar surface area (TPSA) is 38.3 Å². The van der Waals surface area contributed by atoms with Crippen molar-refractivity contribution in [1.82, 2.24) is 5.32 Å². The molecule has 20 heavy (non-hydrogen) atoms. The van der Waals surface area contributed by atoms with Gasteiger partial charge in [-0.1, -0.05) is 41.5 Å². The molecule has 6 heteroatoms. The molecule has 3 nitrogen and oxygen atoms in total. The molecule has 0 aliphatic carbocycles. The summed E-state index contributed by atoms with van der Waals surface area (Å²) in [5.74, 6) is -0.315. The van der Waals surface area contributed by atoms with Gasteiger partial charge in [0, 0.05) is 0 Å². The first-order valence-electron chi connectivity index (χ1n) is 7.36. The second-order valence-electron chi connectivity index (χ2n) is 6.56. The van der Waals surface area contributed by atoms with Gasteiger partial charge in [-0.05, 0) is 16.6 Å². The lowest BCUT2D eigenvalue weighted by atomic mass is 9.98. The van der Waals surface area contributed by atoms with E-state index in [1.165, 1.54) is 0 Å². The third kappa shape index (κ3) is 2.91. The normalized spacial score (nSPS) is 25.1. The van der Waals surface area contributed by atoms with Crippen molar-refractivity contribution in [2.45, 2.75) is 76.5 Å². The van der Waals surface area contributed by atoms with Crippen LogP contribution in [0.3, 0.4) is 0 Å². The quantitative estimate of drug-likeness (QED) is 0.578. The monoisotopic (exact) mass is 307 g/mol. The Labute approximate surface area is 121 Å². The minimum atomic E-state index is -2.25. The van der Waals surface area contributed by atoms with E-state index in [4.69, 9.17) is 4.43 Å². The number of nitrogens with one attached hydrogen (secondary N) is 1. The molecular weight excluding hydrogens is 280 g/mol. The number of rotatable bonds is 7. The van der Waals surface area contributed by atoms with E-state index in [1.54, 1.807) is 0 Å². The van der Waals surface area contributed by atoms with Gasteiger partial charge in [-0.3, -0.25) is 4.79 Å². The zero-order chi connectivity index (χ0) is 15.7. The fourth-order valence-corrected chi connectivity index (χ4v) is 9.03. The summed E-state index contributed by atoms with van der Waals surface area (Å²) in [7, 11) is -2.25. The SMILES string of the molecule is CC(C)[Si](O[C@H]1C(=O)N[C@H]1[C@@H](F)CF)(C(C)C)C(C)C. The van der Waals surface area contributed by atoms with Crippen molar-refractivity contribution in [2.75, 3.05) is 6.67 Å². The average molecular weight is 307 g/mol. The van der Waals surface area contributed by atoms with Crippen LogP contribution in [0.15, 0.2) is 0 Å². The number of hydrogen-bond acceptors (Lipinski definition) is 2. The Morgan fingerprint density at radius 3 is 1.90 bits per heavy atom. The summed E-state index contributed by atoms with van der Waals surface area (Å²) in [4.78, 5) is 11.7. The second kappa shape index (κ2) is 6.51. The van der Waals surface area contributed by atoms with Crippen LogP contribution in [0, 0.1) is 0 Å². The standard InChI is InChI=1S/C14H27F2NO2Si/c1-8(2)20(9(3)4,10(5)6)19-13-12(11(16)7-15)17-14(13)18/h8-13H,7H2,1-6H3,(H,17,18)/t11-,12-,13+/m0/s1. The molecule has 0 aromatic rings. The third-order valence-corrected chi connectivity index (χ3v) is 10.5. The van der Waals surface area contributed by atoms with Crippen LogP contribution in [-0.4, -0.2) is 39.2 Å². The number of amides is 1. The average Bonchev–Trinajstić information content (AvgIpc) is 2.34. The molecule has 0 radical (unpaired) electrons. The highest BCUT2D eigenvalue weighted by Crippen LogP contribution is 2.44. The molecule has 1 aliphatic heterocycles. The van der Waals surface area contributed by atoms with E-state index in [0.717, 1.165) is 0 Å². The predicted molar refractivity (Wildman–Crippen MR) is 78.7 cm³/mol. The Hall–Kier alpha value is -0.493. The molecule has 1 aliphatic rings. The van der Waals surface area contributed by atoms with Crippen molar-refractivity contribution in [1.29, 1.82) is 0 Å². The van der Waals surface area contributed by atoms with Crippen LogP contribution in [0.25, 0.3) is 0 Å². The molecule has 3 atom stereocenters. The zero-order valence-electron chi connectivity index (χ0n) is 13.2. The molecule has 1 rings (SSSR count). The van der Waals surface area contributed by atoms with E-state index in [-0.39, 0.29) is 5.91 Å². The maximum Gasteiger partial charge on any atom is 0.250 e. The van der Waals surface area contributed by atoms with Gasteiger partial charge in [0.05, 0.1) is 6.04 Å². The van der Waals surface area contributed by atoms with E-state index >= 15 is 0 Å². The molecule has 1 fully saturated rings. The summed E-state index contributed by atoms with van der Waals surface area (Å²) in [5.41, 5.74) is 0.917. The van der Waals surface area contributed by atoms with E-state index in [0.29, 0.717) is 16.6 Å². The van der Waals surface area contributed by atoms with Crippen LogP contribution in [0.5, 0.6) is 0 Å². The second-order valence-corrected chi connectivity index (χ2v) is 12.0. The maximum atomic E-state index is 13.5. The predicted octanol–water partition coefficient (Wildman–Crippen LogP) is 3.35. The Kier molecular flexibility index (Phi) is 5.72. The number of carbonyl (C=O) groups is 1. The van der Waals surface area contributed by atoms with Crippen LogP contribution >= 0.6 is 0 Å². The summed E-state index contributed by atoms with van der Waals surface area (Å²) >= 11 is 0. The van der Waals surface area contributed by atoms with E-state index in [2.05, 4.69) is 46.9 Å². The largest absolute Gasteiger partial charge is 0.402 e. The van der Waals surface area contributed by atoms with Crippen molar-refractivity contribution >= 4 is 14.2 Å². The molecule has 1 amide bonds. The molecule has 0 unspecified atom stereocenters. The van der Waals surface area contributed by atoms with Gasteiger partial charge in [0.15, 0.2) is 6.17 Å².